The van der Waals surface area contributed by atoms with Gasteiger partial charge >= 0.3 is 18.0 Å². The second-order valence-electron chi connectivity index (χ2n) is 5.55. The number of ether oxygens (including phenoxy) is 1. The van der Waals surface area contributed by atoms with Gasteiger partial charge in [0.25, 0.3) is 0 Å². The summed E-state index contributed by atoms with van der Waals surface area (Å²) in [6, 6.07) is -0.360. The molecule has 1 heterocycles. The lowest BCUT2D eigenvalue weighted by molar-refractivity contribution is -0.151. The number of hydrogen-bond acceptors (Lipinski definition) is 4. The molecule has 1 fully saturated rings. The zero-order chi connectivity index (χ0) is 15.3. The number of urea groups is 1. The van der Waals surface area contributed by atoms with Crippen molar-refractivity contribution >= 4 is 18.0 Å². The Morgan fingerprint density at radius 3 is 2.60 bits per heavy atom. The van der Waals surface area contributed by atoms with Crippen LogP contribution in [-0.2, 0) is 14.3 Å². The van der Waals surface area contributed by atoms with Gasteiger partial charge in [0.1, 0.15) is 6.54 Å². The van der Waals surface area contributed by atoms with E-state index in [4.69, 9.17) is 0 Å². The van der Waals surface area contributed by atoms with Crippen LogP contribution in [0.4, 0.5) is 4.79 Å². The molecule has 2 N–H and O–H groups in total. The van der Waals surface area contributed by atoms with E-state index in [1.807, 2.05) is 0 Å². The fourth-order valence-electron chi connectivity index (χ4n) is 2.26. The molecule has 0 radical (unpaired) electrons. The molecule has 1 aliphatic rings. The first-order chi connectivity index (χ1) is 9.28. The highest BCUT2D eigenvalue weighted by Crippen LogP contribution is 2.34. The average Bonchev–Trinajstić information content (AvgIpc) is 2.44. The van der Waals surface area contributed by atoms with E-state index in [0.717, 1.165) is 12.8 Å². The van der Waals surface area contributed by atoms with E-state index in [1.54, 1.807) is 18.7 Å². The topological polar surface area (TPSA) is 95.9 Å². The number of hydrogen-bond donors (Lipinski definition) is 2. The summed E-state index contributed by atoms with van der Waals surface area (Å²) in [5.74, 6) is -1.48. The number of nitrogens with zero attached hydrogens (tertiary/aromatic N) is 1. The lowest BCUT2D eigenvalue weighted by Gasteiger charge is -2.39. The second-order valence-corrected chi connectivity index (χ2v) is 5.55. The maximum absolute atomic E-state index is 11.9. The zero-order valence-corrected chi connectivity index (χ0v) is 12.1. The van der Waals surface area contributed by atoms with Gasteiger partial charge in [0, 0.05) is 13.1 Å². The summed E-state index contributed by atoms with van der Waals surface area (Å²) in [4.78, 5) is 35.7. The lowest BCUT2D eigenvalue weighted by Crippen LogP contribution is -2.50. The molecule has 1 aliphatic heterocycles. The van der Waals surface area contributed by atoms with E-state index in [9.17, 15) is 19.5 Å². The SMILES string of the molecule is COC(=O)CNC(=O)N1CCCC(C(C)(C)C(=O)O)C1. The molecule has 7 heteroatoms. The minimum absolute atomic E-state index is 0.0994. The van der Waals surface area contributed by atoms with Crippen molar-refractivity contribution in [1.29, 1.82) is 0 Å². The van der Waals surface area contributed by atoms with Crippen molar-refractivity contribution in [3.63, 3.8) is 0 Å². The van der Waals surface area contributed by atoms with E-state index >= 15 is 0 Å². The van der Waals surface area contributed by atoms with Crippen LogP contribution in [0.2, 0.25) is 0 Å². The molecule has 1 saturated heterocycles. The predicted molar refractivity (Wildman–Crippen MR) is 71.1 cm³/mol. The van der Waals surface area contributed by atoms with Crippen LogP contribution >= 0.6 is 0 Å². The van der Waals surface area contributed by atoms with Crippen LogP contribution in [0, 0.1) is 11.3 Å². The zero-order valence-electron chi connectivity index (χ0n) is 12.1. The normalized spacial score (nSPS) is 19.4. The molecule has 0 spiro atoms. The van der Waals surface area contributed by atoms with Crippen molar-refractivity contribution in [1.82, 2.24) is 10.2 Å². The molecule has 0 saturated carbocycles. The maximum atomic E-state index is 11.9. The van der Waals surface area contributed by atoms with Gasteiger partial charge in [0.15, 0.2) is 0 Å². The van der Waals surface area contributed by atoms with Gasteiger partial charge in [-0.1, -0.05) is 0 Å². The lowest BCUT2D eigenvalue weighted by atomic mass is 9.74. The summed E-state index contributed by atoms with van der Waals surface area (Å²) >= 11 is 0. The number of likely N-dealkylation sites (tertiary alicyclic amines) is 1. The Balaban J connectivity index is 2.58. The van der Waals surface area contributed by atoms with Gasteiger partial charge in [-0.3, -0.25) is 9.59 Å². The summed E-state index contributed by atoms with van der Waals surface area (Å²) in [7, 11) is 1.25. The number of esters is 1. The van der Waals surface area contributed by atoms with Gasteiger partial charge in [-0.25, -0.2) is 4.79 Å². The summed E-state index contributed by atoms with van der Waals surface area (Å²) < 4.78 is 4.44. The molecule has 2 amide bonds. The Kier molecular flexibility index (Phi) is 5.35. The summed E-state index contributed by atoms with van der Waals surface area (Å²) in [6.07, 6.45) is 1.53. The van der Waals surface area contributed by atoms with Crippen LogP contribution in [0.3, 0.4) is 0 Å². The number of rotatable bonds is 4. The number of carbonyl (C=O) groups excluding carboxylic acids is 2. The first kappa shape index (κ1) is 16.3. The van der Waals surface area contributed by atoms with E-state index < -0.39 is 17.4 Å². The number of aliphatic carboxylic acids is 1. The molecule has 0 aliphatic carbocycles. The third-order valence-electron chi connectivity index (χ3n) is 3.89. The molecule has 20 heavy (non-hydrogen) atoms. The van der Waals surface area contributed by atoms with E-state index in [2.05, 4.69) is 10.1 Å². The van der Waals surface area contributed by atoms with Crippen molar-refractivity contribution in [3.05, 3.63) is 0 Å². The van der Waals surface area contributed by atoms with Crippen molar-refractivity contribution in [3.8, 4) is 0 Å². The fraction of sp³-hybridized carbons (Fsp3) is 0.769. The van der Waals surface area contributed by atoms with Gasteiger partial charge < -0.3 is 20.1 Å². The molecular weight excluding hydrogens is 264 g/mol. The summed E-state index contributed by atoms with van der Waals surface area (Å²) in [5.41, 5.74) is -0.874. The highest BCUT2D eigenvalue weighted by atomic mass is 16.5. The fourth-order valence-corrected chi connectivity index (χ4v) is 2.26. The van der Waals surface area contributed by atoms with Gasteiger partial charge in [0.05, 0.1) is 12.5 Å². The first-order valence-electron chi connectivity index (χ1n) is 6.62. The number of piperidine rings is 1. The van der Waals surface area contributed by atoms with Crippen LogP contribution in [0.1, 0.15) is 26.7 Å². The number of nitrogens with one attached hydrogen (secondary N) is 1. The molecule has 0 bridgehead atoms. The number of carbonyl (C=O) groups is 3. The molecule has 7 nitrogen and oxygen atoms in total. The predicted octanol–water partition coefficient (Wildman–Crippen LogP) is 0.692. The second kappa shape index (κ2) is 6.58. The Morgan fingerprint density at radius 1 is 1.40 bits per heavy atom. The highest BCUT2D eigenvalue weighted by molar-refractivity contribution is 5.81. The maximum Gasteiger partial charge on any atom is 0.325 e. The molecule has 114 valence electrons. The minimum atomic E-state index is -0.874. The van der Waals surface area contributed by atoms with Gasteiger partial charge in [-0.15, -0.1) is 0 Å². The highest BCUT2D eigenvalue weighted by Gasteiger charge is 2.40. The van der Waals surface area contributed by atoms with Crippen LogP contribution in [-0.4, -0.2) is 54.7 Å². The monoisotopic (exact) mass is 286 g/mol. The van der Waals surface area contributed by atoms with Crippen LogP contribution < -0.4 is 5.32 Å². The Labute approximate surface area is 118 Å². The third kappa shape index (κ3) is 3.85. The summed E-state index contributed by atoms with van der Waals surface area (Å²) in [5, 5.41) is 11.7. The number of methoxy groups -OCH3 is 1. The molecule has 1 atom stereocenters. The average molecular weight is 286 g/mol. The Morgan fingerprint density at radius 2 is 2.05 bits per heavy atom. The molecule has 0 aromatic rings. The minimum Gasteiger partial charge on any atom is -0.481 e. The van der Waals surface area contributed by atoms with E-state index in [1.165, 1.54) is 7.11 Å². The van der Waals surface area contributed by atoms with Crippen LogP contribution in [0.5, 0.6) is 0 Å². The van der Waals surface area contributed by atoms with E-state index in [0.29, 0.717) is 13.1 Å². The number of amides is 2. The van der Waals surface area contributed by atoms with Crippen molar-refractivity contribution in [2.24, 2.45) is 11.3 Å². The molecule has 0 aromatic carbocycles. The molecule has 0 aromatic heterocycles. The van der Waals surface area contributed by atoms with Crippen LogP contribution in [0.15, 0.2) is 0 Å². The standard InChI is InChI=1S/C13H22N2O5/c1-13(2,11(17)18)9-5-4-6-15(8-9)12(19)14-7-10(16)20-3/h9H,4-8H2,1-3H3,(H,14,19)(H,17,18). The van der Waals surface area contributed by atoms with E-state index in [-0.39, 0.29) is 18.5 Å². The third-order valence-corrected chi connectivity index (χ3v) is 3.89. The largest absolute Gasteiger partial charge is 0.481 e. The van der Waals surface area contributed by atoms with Crippen LogP contribution in [0.25, 0.3) is 0 Å². The van der Waals surface area contributed by atoms with Crippen molar-refractivity contribution in [2.75, 3.05) is 26.7 Å². The Hall–Kier alpha value is -1.79. The molecule has 1 rings (SSSR count). The van der Waals surface area contributed by atoms with Crippen molar-refractivity contribution < 1.29 is 24.2 Å². The molecular formula is C13H22N2O5. The van der Waals surface area contributed by atoms with Gasteiger partial charge in [-0.05, 0) is 32.6 Å². The number of carboxylic acids is 1. The Bertz CT molecular complexity index is 394. The van der Waals surface area contributed by atoms with Crippen molar-refractivity contribution in [2.45, 2.75) is 26.7 Å². The quantitative estimate of drug-likeness (QED) is 0.741. The van der Waals surface area contributed by atoms with Gasteiger partial charge in [0.2, 0.25) is 0 Å². The van der Waals surface area contributed by atoms with Gasteiger partial charge in [-0.2, -0.15) is 0 Å². The number of carboxylic acid groups (broad SMARTS) is 1. The molecule has 1 unspecified atom stereocenters. The first-order valence-corrected chi connectivity index (χ1v) is 6.62. The smallest absolute Gasteiger partial charge is 0.325 e. The summed E-state index contributed by atoms with van der Waals surface area (Å²) in [6.45, 7) is 4.12.